The lowest BCUT2D eigenvalue weighted by Crippen LogP contribution is -2.39. The summed E-state index contributed by atoms with van der Waals surface area (Å²) in [6, 6.07) is 2.83. The fourth-order valence-electron chi connectivity index (χ4n) is 2.66. The van der Waals surface area contributed by atoms with Crippen LogP contribution < -0.4 is 4.90 Å². The van der Waals surface area contributed by atoms with Gasteiger partial charge < -0.3 is 4.90 Å². The Hall–Kier alpha value is -0.610. The van der Waals surface area contributed by atoms with Gasteiger partial charge in [-0.2, -0.15) is 0 Å². The van der Waals surface area contributed by atoms with Crippen LogP contribution in [0.5, 0.6) is 0 Å². The van der Waals surface area contributed by atoms with Gasteiger partial charge in [-0.05, 0) is 60.4 Å². The third-order valence-corrected chi connectivity index (χ3v) is 4.64. The Balaban J connectivity index is 2.02. The summed E-state index contributed by atoms with van der Waals surface area (Å²) in [6.45, 7) is 7.84. The van der Waals surface area contributed by atoms with E-state index in [1.54, 1.807) is 0 Å². The number of anilines is 1. The first-order chi connectivity index (χ1) is 8.61. The van der Waals surface area contributed by atoms with Crippen molar-refractivity contribution in [2.75, 3.05) is 31.6 Å². The molecular weight excluding hydrogens is 290 g/mol. The van der Waals surface area contributed by atoms with Crippen molar-refractivity contribution in [1.82, 2.24) is 9.88 Å². The zero-order valence-electron chi connectivity index (χ0n) is 11.5. The number of nitrogens with zero attached hydrogens (tertiary/aromatic N) is 3. The Morgan fingerprint density at radius 1 is 1.56 bits per heavy atom. The second-order valence-corrected chi connectivity index (χ2v) is 5.95. The Labute approximate surface area is 118 Å². The molecule has 4 heteroatoms. The largest absolute Gasteiger partial charge is 0.358 e. The highest BCUT2D eigenvalue weighted by molar-refractivity contribution is 9.10. The summed E-state index contributed by atoms with van der Waals surface area (Å²) in [5.41, 5.74) is 1.24. The SMILES string of the molecule is CCN1CCCC1CN(C)c1cc(C)c(Br)cn1. The summed E-state index contributed by atoms with van der Waals surface area (Å²) in [6.07, 6.45) is 4.54. The Bertz CT molecular complexity index is 408. The van der Waals surface area contributed by atoms with Crippen LogP contribution in [0, 0.1) is 6.92 Å². The molecule has 1 unspecified atom stereocenters. The molecule has 0 N–H and O–H groups in total. The van der Waals surface area contributed by atoms with Crippen LogP contribution in [0.25, 0.3) is 0 Å². The van der Waals surface area contributed by atoms with Gasteiger partial charge in [0.25, 0.3) is 0 Å². The van der Waals surface area contributed by atoms with E-state index in [0.717, 1.165) is 23.4 Å². The first-order valence-electron chi connectivity index (χ1n) is 6.69. The van der Waals surface area contributed by atoms with Gasteiger partial charge in [-0.15, -0.1) is 0 Å². The zero-order valence-corrected chi connectivity index (χ0v) is 13.1. The van der Waals surface area contributed by atoms with Crippen LogP contribution in [-0.4, -0.2) is 42.6 Å². The number of likely N-dealkylation sites (N-methyl/N-ethyl adjacent to an activating group) is 2. The minimum atomic E-state index is 0.686. The number of hydrogen-bond acceptors (Lipinski definition) is 3. The third-order valence-electron chi connectivity index (χ3n) is 3.81. The van der Waals surface area contributed by atoms with Crippen molar-refractivity contribution in [2.24, 2.45) is 0 Å². The molecule has 0 saturated carbocycles. The molecule has 1 saturated heterocycles. The first kappa shape index (κ1) is 13.8. The molecule has 1 aromatic heterocycles. The Kier molecular flexibility index (Phi) is 4.62. The van der Waals surface area contributed by atoms with Crippen molar-refractivity contribution in [2.45, 2.75) is 32.7 Å². The molecule has 3 nitrogen and oxygen atoms in total. The molecule has 0 bridgehead atoms. The highest BCUT2D eigenvalue weighted by atomic mass is 79.9. The second kappa shape index (κ2) is 6.02. The maximum Gasteiger partial charge on any atom is 0.128 e. The van der Waals surface area contributed by atoms with E-state index in [0.29, 0.717) is 6.04 Å². The van der Waals surface area contributed by atoms with Gasteiger partial charge in [-0.25, -0.2) is 4.98 Å². The molecule has 1 atom stereocenters. The van der Waals surface area contributed by atoms with Gasteiger partial charge in [-0.3, -0.25) is 4.90 Å². The van der Waals surface area contributed by atoms with E-state index in [1.807, 2.05) is 6.20 Å². The Morgan fingerprint density at radius 3 is 3.00 bits per heavy atom. The number of aromatic nitrogens is 1. The maximum absolute atomic E-state index is 4.49. The lowest BCUT2D eigenvalue weighted by atomic mass is 10.2. The van der Waals surface area contributed by atoms with Crippen molar-refractivity contribution in [3.63, 3.8) is 0 Å². The molecular formula is C14H22BrN3. The molecule has 18 heavy (non-hydrogen) atoms. The highest BCUT2D eigenvalue weighted by Gasteiger charge is 2.24. The zero-order chi connectivity index (χ0) is 13.1. The molecule has 0 amide bonds. The number of likely N-dealkylation sites (tertiary alicyclic amines) is 1. The van der Waals surface area contributed by atoms with Crippen molar-refractivity contribution in [3.8, 4) is 0 Å². The van der Waals surface area contributed by atoms with Gasteiger partial charge in [0.1, 0.15) is 5.82 Å². The molecule has 0 aromatic carbocycles. The minimum absolute atomic E-state index is 0.686. The average Bonchev–Trinajstić information content (AvgIpc) is 2.79. The third kappa shape index (κ3) is 3.04. The van der Waals surface area contributed by atoms with Crippen molar-refractivity contribution in [1.29, 1.82) is 0 Å². The van der Waals surface area contributed by atoms with Crippen LogP contribution in [-0.2, 0) is 0 Å². The van der Waals surface area contributed by atoms with Crippen LogP contribution in [0.4, 0.5) is 5.82 Å². The summed E-state index contributed by atoms with van der Waals surface area (Å²) >= 11 is 3.50. The monoisotopic (exact) mass is 311 g/mol. The minimum Gasteiger partial charge on any atom is -0.358 e. The number of halogens is 1. The summed E-state index contributed by atoms with van der Waals surface area (Å²) in [7, 11) is 2.14. The molecule has 0 radical (unpaired) electrons. The van der Waals surface area contributed by atoms with Gasteiger partial charge in [0.05, 0.1) is 0 Å². The summed E-state index contributed by atoms with van der Waals surface area (Å²) in [4.78, 5) is 9.34. The van der Waals surface area contributed by atoms with E-state index in [9.17, 15) is 0 Å². The lowest BCUT2D eigenvalue weighted by Gasteiger charge is -2.28. The van der Waals surface area contributed by atoms with Crippen molar-refractivity contribution < 1.29 is 0 Å². The van der Waals surface area contributed by atoms with E-state index >= 15 is 0 Å². The van der Waals surface area contributed by atoms with Crippen LogP contribution in [0.15, 0.2) is 16.7 Å². The number of aryl methyl sites for hydroxylation is 1. The molecule has 1 aliphatic heterocycles. The van der Waals surface area contributed by atoms with Crippen molar-refractivity contribution >= 4 is 21.7 Å². The molecule has 2 heterocycles. The number of hydrogen-bond donors (Lipinski definition) is 0. The molecule has 100 valence electrons. The fourth-order valence-corrected chi connectivity index (χ4v) is 2.88. The highest BCUT2D eigenvalue weighted by Crippen LogP contribution is 2.22. The van der Waals surface area contributed by atoms with E-state index in [-0.39, 0.29) is 0 Å². The Morgan fingerprint density at radius 2 is 2.33 bits per heavy atom. The van der Waals surface area contributed by atoms with Gasteiger partial charge >= 0.3 is 0 Å². The molecule has 2 rings (SSSR count). The maximum atomic E-state index is 4.49. The summed E-state index contributed by atoms with van der Waals surface area (Å²) in [5, 5.41) is 0. The topological polar surface area (TPSA) is 19.4 Å². The van der Waals surface area contributed by atoms with Crippen LogP contribution in [0.2, 0.25) is 0 Å². The van der Waals surface area contributed by atoms with Crippen LogP contribution in [0.1, 0.15) is 25.3 Å². The molecule has 1 aliphatic rings. The molecule has 1 fully saturated rings. The van der Waals surface area contributed by atoms with Gasteiger partial charge in [0, 0.05) is 30.3 Å². The quantitative estimate of drug-likeness (QED) is 0.852. The van der Waals surface area contributed by atoms with Crippen LogP contribution >= 0.6 is 15.9 Å². The van der Waals surface area contributed by atoms with Gasteiger partial charge in [0.15, 0.2) is 0 Å². The van der Waals surface area contributed by atoms with E-state index in [1.165, 1.54) is 24.9 Å². The van der Waals surface area contributed by atoms with Crippen molar-refractivity contribution in [3.05, 3.63) is 22.3 Å². The first-order valence-corrected chi connectivity index (χ1v) is 7.48. The second-order valence-electron chi connectivity index (χ2n) is 5.10. The average molecular weight is 312 g/mol. The normalized spacial score (nSPS) is 20.3. The standard InChI is InChI=1S/C14H22BrN3/c1-4-18-7-5-6-12(18)10-17(3)14-8-11(2)13(15)9-16-14/h8-9,12H,4-7,10H2,1-3H3. The number of pyridine rings is 1. The van der Waals surface area contributed by atoms with E-state index < -0.39 is 0 Å². The van der Waals surface area contributed by atoms with E-state index in [2.05, 4.69) is 57.7 Å². The summed E-state index contributed by atoms with van der Waals surface area (Å²) in [5.74, 6) is 1.07. The smallest absolute Gasteiger partial charge is 0.128 e. The van der Waals surface area contributed by atoms with Crippen LogP contribution in [0.3, 0.4) is 0 Å². The predicted octanol–water partition coefficient (Wildman–Crippen LogP) is 3.07. The molecule has 0 aliphatic carbocycles. The molecule has 0 spiro atoms. The van der Waals surface area contributed by atoms with Gasteiger partial charge in [0.2, 0.25) is 0 Å². The lowest BCUT2D eigenvalue weighted by molar-refractivity contribution is 0.270. The summed E-state index contributed by atoms with van der Waals surface area (Å²) < 4.78 is 1.08. The predicted molar refractivity (Wildman–Crippen MR) is 80.2 cm³/mol. The van der Waals surface area contributed by atoms with Gasteiger partial charge in [-0.1, -0.05) is 6.92 Å². The molecule has 1 aromatic rings. The fraction of sp³-hybridized carbons (Fsp3) is 0.643. The van der Waals surface area contributed by atoms with E-state index in [4.69, 9.17) is 0 Å². The number of rotatable bonds is 4.